The van der Waals surface area contributed by atoms with Crippen molar-refractivity contribution < 1.29 is 9.53 Å². The first kappa shape index (κ1) is 13.9. The molecule has 0 atom stereocenters. The molecule has 0 spiro atoms. The van der Waals surface area contributed by atoms with Crippen LogP contribution in [-0.2, 0) is 11.2 Å². The van der Waals surface area contributed by atoms with E-state index in [1.165, 1.54) is 7.11 Å². The fourth-order valence-corrected chi connectivity index (χ4v) is 1.28. The zero-order valence-corrected chi connectivity index (χ0v) is 9.55. The summed E-state index contributed by atoms with van der Waals surface area (Å²) < 4.78 is 4.63. The number of rotatable bonds is 4. The number of hydrogen-bond donors (Lipinski definition) is 1. The second-order valence-electron chi connectivity index (χ2n) is 3.08. The molecule has 4 heteroatoms. The molecule has 1 rings (SSSR count). The molecule has 0 aromatic heterocycles. The number of carbonyl (C=O) groups is 1. The second kappa shape index (κ2) is 7.26. The van der Waals surface area contributed by atoms with Gasteiger partial charge in [0.2, 0.25) is 0 Å². The van der Waals surface area contributed by atoms with Crippen LogP contribution in [0.4, 0.5) is 0 Å². The third-order valence-corrected chi connectivity index (χ3v) is 2.02. The molecular formula is C11H16ClNO2. The van der Waals surface area contributed by atoms with Gasteiger partial charge in [0.25, 0.3) is 0 Å². The Kier molecular flexibility index (Phi) is 6.75. The number of carbonyl (C=O) groups excluding carboxylic acids is 1. The average molecular weight is 230 g/mol. The summed E-state index contributed by atoms with van der Waals surface area (Å²) in [6.07, 6.45) is 1.84. The van der Waals surface area contributed by atoms with Gasteiger partial charge in [0.1, 0.15) is 0 Å². The molecular weight excluding hydrogens is 214 g/mol. The maximum atomic E-state index is 11.2. The Hall–Kier alpha value is -1.06. The summed E-state index contributed by atoms with van der Waals surface area (Å²) in [7, 11) is 1.38. The first-order valence-corrected chi connectivity index (χ1v) is 4.65. The van der Waals surface area contributed by atoms with E-state index in [1.807, 2.05) is 18.2 Å². The van der Waals surface area contributed by atoms with Crippen LogP contribution in [0.5, 0.6) is 0 Å². The zero-order chi connectivity index (χ0) is 10.4. The number of aryl methyl sites for hydroxylation is 1. The van der Waals surface area contributed by atoms with Crippen LogP contribution in [-0.4, -0.2) is 19.6 Å². The van der Waals surface area contributed by atoms with Crippen molar-refractivity contribution in [2.75, 3.05) is 13.7 Å². The average Bonchev–Trinajstić information content (AvgIpc) is 2.25. The lowest BCUT2D eigenvalue weighted by atomic mass is 10.1. The Morgan fingerprint density at radius 2 is 2.20 bits per heavy atom. The predicted octanol–water partition coefficient (Wildman–Crippen LogP) is 1.79. The van der Waals surface area contributed by atoms with Crippen LogP contribution in [0.1, 0.15) is 22.3 Å². The molecule has 0 saturated heterocycles. The smallest absolute Gasteiger partial charge is 0.337 e. The fourth-order valence-electron chi connectivity index (χ4n) is 1.28. The van der Waals surface area contributed by atoms with Gasteiger partial charge in [0.15, 0.2) is 0 Å². The zero-order valence-electron chi connectivity index (χ0n) is 8.73. The van der Waals surface area contributed by atoms with Crippen molar-refractivity contribution in [3.63, 3.8) is 0 Å². The summed E-state index contributed by atoms with van der Waals surface area (Å²) in [6.45, 7) is 0.669. The Bertz CT molecular complexity index is 315. The second-order valence-corrected chi connectivity index (χ2v) is 3.08. The van der Waals surface area contributed by atoms with Crippen molar-refractivity contribution in [1.82, 2.24) is 0 Å². The predicted molar refractivity (Wildman–Crippen MR) is 62.4 cm³/mol. The lowest BCUT2D eigenvalue weighted by Crippen LogP contribution is -2.03. The van der Waals surface area contributed by atoms with Crippen molar-refractivity contribution in [1.29, 1.82) is 0 Å². The molecule has 0 radical (unpaired) electrons. The van der Waals surface area contributed by atoms with E-state index in [-0.39, 0.29) is 18.4 Å². The number of methoxy groups -OCH3 is 1. The van der Waals surface area contributed by atoms with E-state index in [9.17, 15) is 4.79 Å². The molecule has 1 aromatic rings. The highest BCUT2D eigenvalue weighted by molar-refractivity contribution is 5.89. The molecule has 0 aliphatic carbocycles. The Labute approximate surface area is 96.0 Å². The highest BCUT2D eigenvalue weighted by Gasteiger charge is 2.04. The van der Waals surface area contributed by atoms with Gasteiger partial charge in [-0.3, -0.25) is 0 Å². The summed E-state index contributed by atoms with van der Waals surface area (Å²) in [4.78, 5) is 11.2. The van der Waals surface area contributed by atoms with Crippen molar-refractivity contribution in [2.45, 2.75) is 12.8 Å². The molecule has 0 unspecified atom stereocenters. The SMILES string of the molecule is COC(=O)c1cccc(CCCN)c1.Cl. The number of benzene rings is 1. The molecule has 2 N–H and O–H groups in total. The van der Waals surface area contributed by atoms with E-state index >= 15 is 0 Å². The number of esters is 1. The molecule has 0 aliphatic rings. The molecule has 3 nitrogen and oxygen atoms in total. The fraction of sp³-hybridized carbons (Fsp3) is 0.364. The minimum Gasteiger partial charge on any atom is -0.465 e. The van der Waals surface area contributed by atoms with Crippen LogP contribution in [0, 0.1) is 0 Å². The third kappa shape index (κ3) is 4.32. The number of ether oxygens (including phenoxy) is 1. The maximum Gasteiger partial charge on any atom is 0.337 e. The van der Waals surface area contributed by atoms with Gasteiger partial charge in [-0.15, -0.1) is 12.4 Å². The summed E-state index contributed by atoms with van der Waals surface area (Å²) in [5.74, 6) is -0.292. The highest BCUT2D eigenvalue weighted by atomic mass is 35.5. The summed E-state index contributed by atoms with van der Waals surface area (Å²) >= 11 is 0. The van der Waals surface area contributed by atoms with Gasteiger partial charge in [-0.1, -0.05) is 12.1 Å². The van der Waals surface area contributed by atoms with Crippen molar-refractivity contribution in [3.05, 3.63) is 35.4 Å². The topological polar surface area (TPSA) is 52.3 Å². The normalized spacial score (nSPS) is 9.20. The molecule has 0 amide bonds. The lowest BCUT2D eigenvalue weighted by molar-refractivity contribution is 0.0600. The van der Waals surface area contributed by atoms with Gasteiger partial charge in [-0.25, -0.2) is 4.79 Å². The molecule has 0 heterocycles. The third-order valence-electron chi connectivity index (χ3n) is 2.02. The van der Waals surface area contributed by atoms with Gasteiger partial charge in [-0.2, -0.15) is 0 Å². The van der Waals surface area contributed by atoms with E-state index in [0.29, 0.717) is 12.1 Å². The summed E-state index contributed by atoms with van der Waals surface area (Å²) in [5, 5.41) is 0. The maximum absolute atomic E-state index is 11.2. The largest absolute Gasteiger partial charge is 0.465 e. The van der Waals surface area contributed by atoms with Crippen molar-refractivity contribution in [2.24, 2.45) is 5.73 Å². The molecule has 0 aliphatic heterocycles. The monoisotopic (exact) mass is 229 g/mol. The van der Waals surface area contributed by atoms with E-state index in [1.54, 1.807) is 6.07 Å². The quantitative estimate of drug-likeness (QED) is 0.801. The first-order valence-electron chi connectivity index (χ1n) is 4.65. The number of nitrogens with two attached hydrogens (primary N) is 1. The van der Waals surface area contributed by atoms with Crippen molar-refractivity contribution in [3.8, 4) is 0 Å². The van der Waals surface area contributed by atoms with Crippen LogP contribution in [0.3, 0.4) is 0 Å². The highest BCUT2D eigenvalue weighted by Crippen LogP contribution is 2.08. The van der Waals surface area contributed by atoms with Gasteiger partial charge in [0, 0.05) is 0 Å². The summed E-state index contributed by atoms with van der Waals surface area (Å²) in [5.41, 5.74) is 7.13. The number of halogens is 1. The van der Waals surface area contributed by atoms with E-state index < -0.39 is 0 Å². The van der Waals surface area contributed by atoms with Crippen LogP contribution in [0.25, 0.3) is 0 Å². The lowest BCUT2D eigenvalue weighted by Gasteiger charge is -2.02. The van der Waals surface area contributed by atoms with Gasteiger partial charge in [-0.05, 0) is 37.1 Å². The molecule has 0 fully saturated rings. The van der Waals surface area contributed by atoms with Crippen LogP contribution >= 0.6 is 12.4 Å². The Balaban J connectivity index is 0.00000196. The molecule has 0 saturated carbocycles. The van der Waals surface area contributed by atoms with Gasteiger partial charge < -0.3 is 10.5 Å². The molecule has 0 bridgehead atoms. The van der Waals surface area contributed by atoms with E-state index in [4.69, 9.17) is 5.73 Å². The molecule has 1 aromatic carbocycles. The standard InChI is InChI=1S/C11H15NO2.ClH/c1-14-11(13)10-6-2-4-9(8-10)5-3-7-12;/h2,4,6,8H,3,5,7,12H2,1H3;1H. The van der Waals surface area contributed by atoms with E-state index in [0.717, 1.165) is 18.4 Å². The minimum absolute atomic E-state index is 0. The first-order chi connectivity index (χ1) is 6.77. The van der Waals surface area contributed by atoms with Gasteiger partial charge in [0.05, 0.1) is 12.7 Å². The molecule has 15 heavy (non-hydrogen) atoms. The summed E-state index contributed by atoms with van der Waals surface area (Å²) in [6, 6.07) is 7.44. The minimum atomic E-state index is -0.292. The van der Waals surface area contributed by atoms with Crippen LogP contribution in [0.2, 0.25) is 0 Å². The number of hydrogen-bond acceptors (Lipinski definition) is 3. The van der Waals surface area contributed by atoms with E-state index in [2.05, 4.69) is 4.74 Å². The Morgan fingerprint density at radius 3 is 2.80 bits per heavy atom. The van der Waals surface area contributed by atoms with Gasteiger partial charge >= 0.3 is 5.97 Å². The Morgan fingerprint density at radius 1 is 1.47 bits per heavy atom. The van der Waals surface area contributed by atoms with Crippen LogP contribution < -0.4 is 5.73 Å². The van der Waals surface area contributed by atoms with Crippen molar-refractivity contribution >= 4 is 18.4 Å². The van der Waals surface area contributed by atoms with Crippen LogP contribution in [0.15, 0.2) is 24.3 Å². The molecule has 84 valence electrons.